The molecule has 4 rings (SSSR count). The highest BCUT2D eigenvalue weighted by Gasteiger charge is 2.07. The van der Waals surface area contributed by atoms with Crippen LogP contribution in [0.25, 0.3) is 11.3 Å². The highest BCUT2D eigenvalue weighted by molar-refractivity contribution is 6.04. The number of nitrogen functional groups attached to an aromatic ring is 1. The number of phenols is 1. The van der Waals surface area contributed by atoms with Gasteiger partial charge >= 0.3 is 0 Å². The quantitative estimate of drug-likeness (QED) is 0.371. The molecule has 1 heterocycles. The molecular formula is C23H19N5O2. The number of anilines is 4. The van der Waals surface area contributed by atoms with E-state index in [1.807, 2.05) is 18.2 Å². The van der Waals surface area contributed by atoms with Crippen LogP contribution in [0.15, 0.2) is 85.2 Å². The molecule has 148 valence electrons. The summed E-state index contributed by atoms with van der Waals surface area (Å²) in [4.78, 5) is 20.8. The number of amides is 1. The molecule has 1 aromatic heterocycles. The van der Waals surface area contributed by atoms with Crippen molar-refractivity contribution in [2.45, 2.75) is 0 Å². The fraction of sp³-hybridized carbons (Fsp3) is 0. The number of hydrogen-bond acceptors (Lipinski definition) is 6. The Morgan fingerprint density at radius 1 is 0.833 bits per heavy atom. The fourth-order valence-electron chi connectivity index (χ4n) is 2.84. The molecule has 30 heavy (non-hydrogen) atoms. The molecule has 7 nitrogen and oxygen atoms in total. The van der Waals surface area contributed by atoms with E-state index in [9.17, 15) is 9.90 Å². The minimum Gasteiger partial charge on any atom is -0.508 e. The van der Waals surface area contributed by atoms with Crippen LogP contribution in [0.3, 0.4) is 0 Å². The maximum absolute atomic E-state index is 12.3. The van der Waals surface area contributed by atoms with Crippen LogP contribution in [0.4, 0.5) is 22.9 Å². The van der Waals surface area contributed by atoms with E-state index < -0.39 is 0 Å². The molecule has 0 aliphatic carbocycles. The lowest BCUT2D eigenvalue weighted by Crippen LogP contribution is -2.11. The molecule has 7 heteroatoms. The zero-order valence-corrected chi connectivity index (χ0v) is 15.9. The third-order valence-corrected chi connectivity index (χ3v) is 4.42. The maximum atomic E-state index is 12.3. The SMILES string of the molecule is Nc1ccc(C(=O)Nc2ccc(Nc3cc(-c4ccc(O)cc4)ncn3)cc2)cc1. The average Bonchev–Trinajstić information content (AvgIpc) is 2.76. The van der Waals surface area contributed by atoms with E-state index in [1.165, 1.54) is 6.33 Å². The van der Waals surface area contributed by atoms with Crippen LogP contribution in [-0.2, 0) is 0 Å². The first kappa shape index (κ1) is 18.9. The van der Waals surface area contributed by atoms with E-state index in [-0.39, 0.29) is 11.7 Å². The van der Waals surface area contributed by atoms with Crippen LogP contribution in [0.5, 0.6) is 5.75 Å². The number of aromatic nitrogens is 2. The summed E-state index contributed by atoms with van der Waals surface area (Å²) in [6, 6.07) is 22.7. The van der Waals surface area contributed by atoms with Gasteiger partial charge in [0.15, 0.2) is 0 Å². The van der Waals surface area contributed by atoms with Gasteiger partial charge in [0.2, 0.25) is 0 Å². The second-order valence-corrected chi connectivity index (χ2v) is 6.61. The van der Waals surface area contributed by atoms with Crippen LogP contribution in [0.2, 0.25) is 0 Å². The number of nitrogens with zero attached hydrogens (tertiary/aromatic N) is 2. The van der Waals surface area contributed by atoms with Crippen molar-refractivity contribution in [3.05, 3.63) is 90.8 Å². The number of rotatable bonds is 5. The van der Waals surface area contributed by atoms with Crippen LogP contribution in [0, 0.1) is 0 Å². The van der Waals surface area contributed by atoms with E-state index >= 15 is 0 Å². The van der Waals surface area contributed by atoms with Crippen LogP contribution < -0.4 is 16.4 Å². The summed E-state index contributed by atoms with van der Waals surface area (Å²) in [7, 11) is 0. The average molecular weight is 397 g/mol. The van der Waals surface area contributed by atoms with Crippen molar-refractivity contribution < 1.29 is 9.90 Å². The Morgan fingerprint density at radius 3 is 2.20 bits per heavy atom. The maximum Gasteiger partial charge on any atom is 0.255 e. The molecule has 0 unspecified atom stereocenters. The molecule has 1 amide bonds. The number of carbonyl (C=O) groups is 1. The van der Waals surface area contributed by atoms with Crippen LogP contribution in [-0.4, -0.2) is 21.0 Å². The number of benzene rings is 3. The van der Waals surface area contributed by atoms with E-state index in [0.29, 0.717) is 22.8 Å². The van der Waals surface area contributed by atoms with Gasteiger partial charge in [-0.2, -0.15) is 0 Å². The van der Waals surface area contributed by atoms with Gasteiger partial charge in [0, 0.05) is 34.3 Å². The molecule has 5 N–H and O–H groups in total. The molecule has 0 aliphatic heterocycles. The lowest BCUT2D eigenvalue weighted by atomic mass is 10.1. The third kappa shape index (κ3) is 4.53. The molecule has 0 aliphatic rings. The van der Waals surface area contributed by atoms with Gasteiger partial charge < -0.3 is 21.5 Å². The van der Waals surface area contributed by atoms with E-state index in [1.54, 1.807) is 60.7 Å². The fourth-order valence-corrected chi connectivity index (χ4v) is 2.84. The van der Waals surface area contributed by atoms with Crippen molar-refractivity contribution in [3.63, 3.8) is 0 Å². The van der Waals surface area contributed by atoms with Crippen LogP contribution >= 0.6 is 0 Å². The van der Waals surface area contributed by atoms with Gasteiger partial charge in [0.25, 0.3) is 5.91 Å². The predicted molar refractivity (Wildman–Crippen MR) is 118 cm³/mol. The van der Waals surface area contributed by atoms with Gasteiger partial charge in [-0.15, -0.1) is 0 Å². The zero-order valence-electron chi connectivity index (χ0n) is 15.9. The monoisotopic (exact) mass is 397 g/mol. The lowest BCUT2D eigenvalue weighted by molar-refractivity contribution is 0.102. The van der Waals surface area contributed by atoms with Gasteiger partial charge in [0.1, 0.15) is 17.9 Å². The number of nitrogens with two attached hydrogens (primary N) is 1. The number of nitrogens with one attached hydrogen (secondary N) is 2. The molecule has 3 aromatic carbocycles. The number of carbonyl (C=O) groups excluding carboxylic acids is 1. The Morgan fingerprint density at radius 2 is 1.50 bits per heavy atom. The molecule has 4 aromatic rings. The Labute approximate surface area is 173 Å². The zero-order chi connectivity index (χ0) is 20.9. The molecule has 0 bridgehead atoms. The minimum absolute atomic E-state index is 0.203. The molecule has 0 fully saturated rings. The smallest absolute Gasteiger partial charge is 0.255 e. The molecule has 0 atom stereocenters. The summed E-state index contributed by atoms with van der Waals surface area (Å²) in [5.41, 5.74) is 9.90. The van der Waals surface area contributed by atoms with Crippen molar-refractivity contribution in [1.29, 1.82) is 0 Å². The highest BCUT2D eigenvalue weighted by atomic mass is 16.3. The highest BCUT2D eigenvalue weighted by Crippen LogP contribution is 2.23. The Hall–Kier alpha value is -4.39. The summed E-state index contributed by atoms with van der Waals surface area (Å²) >= 11 is 0. The van der Waals surface area contributed by atoms with Gasteiger partial charge in [0.05, 0.1) is 5.69 Å². The molecule has 0 saturated heterocycles. The first-order valence-corrected chi connectivity index (χ1v) is 9.22. The summed E-state index contributed by atoms with van der Waals surface area (Å²) in [5, 5.41) is 15.5. The number of phenolic OH excluding ortho intramolecular Hbond substituents is 1. The molecule has 0 saturated carbocycles. The Bertz CT molecular complexity index is 1160. The van der Waals surface area contributed by atoms with E-state index in [4.69, 9.17) is 5.73 Å². The molecule has 0 radical (unpaired) electrons. The van der Waals surface area contributed by atoms with Crippen molar-refractivity contribution in [1.82, 2.24) is 9.97 Å². The van der Waals surface area contributed by atoms with Gasteiger partial charge in [-0.05, 0) is 72.8 Å². The molecular weight excluding hydrogens is 378 g/mol. The summed E-state index contributed by atoms with van der Waals surface area (Å²) in [6.45, 7) is 0. The van der Waals surface area contributed by atoms with Crippen molar-refractivity contribution in [2.24, 2.45) is 0 Å². The minimum atomic E-state index is -0.204. The lowest BCUT2D eigenvalue weighted by Gasteiger charge is -2.09. The van der Waals surface area contributed by atoms with Crippen molar-refractivity contribution >= 4 is 28.8 Å². The third-order valence-electron chi connectivity index (χ3n) is 4.42. The Balaban J connectivity index is 1.43. The number of aromatic hydroxyl groups is 1. The van der Waals surface area contributed by atoms with Crippen LogP contribution in [0.1, 0.15) is 10.4 Å². The normalized spacial score (nSPS) is 10.4. The second-order valence-electron chi connectivity index (χ2n) is 6.61. The first-order chi connectivity index (χ1) is 14.6. The van der Waals surface area contributed by atoms with Crippen molar-refractivity contribution in [2.75, 3.05) is 16.4 Å². The summed E-state index contributed by atoms with van der Waals surface area (Å²) < 4.78 is 0. The first-order valence-electron chi connectivity index (χ1n) is 9.22. The van der Waals surface area contributed by atoms with Crippen molar-refractivity contribution in [3.8, 4) is 17.0 Å². The standard InChI is InChI=1S/C23H19N5O2/c24-17-5-1-16(2-6-17)23(30)28-19-9-7-18(8-10-19)27-22-13-21(25-14-26-22)15-3-11-20(29)12-4-15/h1-14,29H,24H2,(H,28,30)(H,25,26,27). The summed E-state index contributed by atoms with van der Waals surface area (Å²) in [5.74, 6) is 0.631. The summed E-state index contributed by atoms with van der Waals surface area (Å²) in [6.07, 6.45) is 1.48. The Kier molecular flexibility index (Phi) is 5.25. The topological polar surface area (TPSA) is 113 Å². The van der Waals surface area contributed by atoms with Gasteiger partial charge in [-0.1, -0.05) is 0 Å². The largest absolute Gasteiger partial charge is 0.508 e. The predicted octanol–water partition coefficient (Wildman–Crippen LogP) is 4.43. The van der Waals surface area contributed by atoms with Gasteiger partial charge in [-0.3, -0.25) is 4.79 Å². The number of hydrogen-bond donors (Lipinski definition) is 4. The second kappa shape index (κ2) is 8.32. The molecule has 0 spiro atoms. The van der Waals surface area contributed by atoms with Gasteiger partial charge in [-0.25, -0.2) is 9.97 Å². The van der Waals surface area contributed by atoms with E-state index in [0.717, 1.165) is 16.9 Å². The van der Waals surface area contributed by atoms with E-state index in [2.05, 4.69) is 20.6 Å².